The highest BCUT2D eigenvalue weighted by Gasteiger charge is 2.15. The fourth-order valence-corrected chi connectivity index (χ4v) is 4.19. The van der Waals surface area contributed by atoms with Gasteiger partial charge in [0.2, 0.25) is 0 Å². The highest BCUT2D eigenvalue weighted by molar-refractivity contribution is 7.98. The second-order valence-electron chi connectivity index (χ2n) is 7.18. The van der Waals surface area contributed by atoms with E-state index in [1.165, 1.54) is 23.1 Å². The number of fused-ring (bicyclic) bond motifs is 2. The molecule has 0 fully saturated rings. The molecule has 0 bridgehead atoms. The highest BCUT2D eigenvalue weighted by Crippen LogP contribution is 2.24. The molecule has 0 aliphatic rings. The molecule has 0 aliphatic carbocycles. The maximum atomic E-state index is 12.5. The molecule has 0 radical (unpaired) electrons. The molecule has 1 amide bonds. The number of aromatic nitrogens is 5. The Bertz CT molecular complexity index is 1150. The summed E-state index contributed by atoms with van der Waals surface area (Å²) in [6.07, 6.45) is 3.73. The Balaban J connectivity index is 1.47. The van der Waals surface area contributed by atoms with Crippen LogP contribution in [0.3, 0.4) is 0 Å². The van der Waals surface area contributed by atoms with Crippen LogP contribution in [0.2, 0.25) is 0 Å². The molecular formula is C20H23N7OS2. The third kappa shape index (κ3) is 4.39. The number of carbonyl (C=O) groups is 1. The van der Waals surface area contributed by atoms with Gasteiger partial charge in [-0.2, -0.15) is 5.10 Å². The Labute approximate surface area is 182 Å². The molecule has 0 aliphatic heterocycles. The van der Waals surface area contributed by atoms with Crippen molar-refractivity contribution in [3.8, 4) is 0 Å². The summed E-state index contributed by atoms with van der Waals surface area (Å²) in [6.45, 7) is 6.06. The summed E-state index contributed by atoms with van der Waals surface area (Å²) in [6, 6.07) is 7.74. The van der Waals surface area contributed by atoms with Gasteiger partial charge in [0.15, 0.2) is 15.8 Å². The van der Waals surface area contributed by atoms with Gasteiger partial charge in [-0.05, 0) is 24.3 Å². The van der Waals surface area contributed by atoms with Crippen LogP contribution in [0.1, 0.15) is 23.6 Å². The minimum Gasteiger partial charge on any atom is -0.369 e. The van der Waals surface area contributed by atoms with Crippen molar-refractivity contribution >= 4 is 56.1 Å². The fraction of sp³-hybridized carbons (Fsp3) is 0.350. The zero-order valence-electron chi connectivity index (χ0n) is 17.0. The molecule has 4 aromatic rings. The first-order valence-electron chi connectivity index (χ1n) is 9.70. The Hall–Kier alpha value is -2.72. The number of thioether (sulfide) groups is 1. The first kappa shape index (κ1) is 20.5. The van der Waals surface area contributed by atoms with Crippen molar-refractivity contribution in [3.63, 3.8) is 0 Å². The lowest BCUT2D eigenvalue weighted by Gasteiger charge is -2.10. The normalized spacial score (nSPS) is 11.5. The quantitative estimate of drug-likeness (QED) is 0.318. The second-order valence-corrected chi connectivity index (χ2v) is 8.99. The van der Waals surface area contributed by atoms with Crippen LogP contribution in [0.4, 0.5) is 5.82 Å². The van der Waals surface area contributed by atoms with Crippen molar-refractivity contribution in [2.24, 2.45) is 5.92 Å². The van der Waals surface area contributed by atoms with E-state index in [4.69, 9.17) is 0 Å². The number of nitrogens with one attached hydrogen (secondary N) is 2. The van der Waals surface area contributed by atoms with E-state index in [2.05, 4.69) is 44.5 Å². The number of hydrogen-bond acceptors (Lipinski definition) is 8. The predicted octanol–water partition coefficient (Wildman–Crippen LogP) is 3.66. The van der Waals surface area contributed by atoms with Crippen LogP contribution >= 0.6 is 23.1 Å². The topological polar surface area (TPSA) is 97.6 Å². The Kier molecular flexibility index (Phi) is 6.14. The summed E-state index contributed by atoms with van der Waals surface area (Å²) in [7, 11) is 0. The molecule has 0 saturated heterocycles. The summed E-state index contributed by atoms with van der Waals surface area (Å²) >= 11 is 2.89. The molecule has 1 aromatic carbocycles. The van der Waals surface area contributed by atoms with Crippen LogP contribution in [-0.2, 0) is 6.54 Å². The number of carbonyl (C=O) groups excluding carboxylic acids is 1. The summed E-state index contributed by atoms with van der Waals surface area (Å²) in [5.74, 6) is 1.12. The maximum absolute atomic E-state index is 12.5. The van der Waals surface area contributed by atoms with Crippen molar-refractivity contribution in [1.82, 2.24) is 30.0 Å². The van der Waals surface area contributed by atoms with E-state index in [1.54, 1.807) is 10.9 Å². The van der Waals surface area contributed by atoms with E-state index < -0.39 is 0 Å². The van der Waals surface area contributed by atoms with Gasteiger partial charge in [0.05, 0.1) is 28.3 Å². The zero-order chi connectivity index (χ0) is 21.1. The van der Waals surface area contributed by atoms with Gasteiger partial charge in [-0.25, -0.2) is 19.6 Å². The van der Waals surface area contributed by atoms with Crippen LogP contribution in [0.15, 0.2) is 35.6 Å². The van der Waals surface area contributed by atoms with E-state index in [0.29, 0.717) is 29.2 Å². The number of para-hydroxylation sites is 1. The molecule has 3 aromatic heterocycles. The van der Waals surface area contributed by atoms with Gasteiger partial charge in [0.1, 0.15) is 5.82 Å². The van der Waals surface area contributed by atoms with Crippen molar-refractivity contribution in [1.29, 1.82) is 0 Å². The largest absolute Gasteiger partial charge is 0.369 e. The number of thiazole rings is 1. The third-order valence-corrected chi connectivity index (χ3v) is 6.02. The Morgan fingerprint density at radius 1 is 1.23 bits per heavy atom. The van der Waals surface area contributed by atoms with Gasteiger partial charge in [-0.1, -0.05) is 37.7 Å². The van der Waals surface area contributed by atoms with E-state index in [-0.39, 0.29) is 5.91 Å². The Morgan fingerprint density at radius 3 is 2.83 bits per heavy atom. The average molecular weight is 442 g/mol. The lowest BCUT2D eigenvalue weighted by atomic mass is 10.2. The molecule has 0 saturated carbocycles. The van der Waals surface area contributed by atoms with E-state index >= 15 is 0 Å². The number of nitrogens with zero attached hydrogens (tertiary/aromatic N) is 5. The SMILES string of the molecule is CSc1nc(NCC(C)C)c2cnn(CCNC(=O)c3nc4ccccc4s3)c2n1. The lowest BCUT2D eigenvalue weighted by Crippen LogP contribution is -2.27. The summed E-state index contributed by atoms with van der Waals surface area (Å²) in [4.78, 5) is 26.1. The molecular weight excluding hydrogens is 418 g/mol. The molecule has 3 heterocycles. The number of rotatable bonds is 8. The van der Waals surface area contributed by atoms with E-state index in [9.17, 15) is 4.79 Å². The van der Waals surface area contributed by atoms with Gasteiger partial charge < -0.3 is 10.6 Å². The average Bonchev–Trinajstić information content (AvgIpc) is 3.36. The number of hydrogen-bond donors (Lipinski definition) is 2. The van der Waals surface area contributed by atoms with Gasteiger partial charge in [0, 0.05) is 13.1 Å². The monoisotopic (exact) mass is 441 g/mol. The number of amides is 1. The molecule has 10 heteroatoms. The highest BCUT2D eigenvalue weighted by atomic mass is 32.2. The van der Waals surface area contributed by atoms with Gasteiger partial charge in [-0.3, -0.25) is 4.79 Å². The van der Waals surface area contributed by atoms with Gasteiger partial charge >= 0.3 is 0 Å². The van der Waals surface area contributed by atoms with Gasteiger partial charge in [-0.15, -0.1) is 11.3 Å². The third-order valence-electron chi connectivity index (χ3n) is 4.43. The minimum absolute atomic E-state index is 0.175. The van der Waals surface area contributed by atoms with Crippen LogP contribution in [0.25, 0.3) is 21.3 Å². The van der Waals surface area contributed by atoms with Crippen LogP contribution < -0.4 is 10.6 Å². The summed E-state index contributed by atoms with van der Waals surface area (Å²) in [5, 5.41) is 12.8. The van der Waals surface area contributed by atoms with Crippen molar-refractivity contribution in [2.75, 3.05) is 24.7 Å². The Morgan fingerprint density at radius 2 is 2.07 bits per heavy atom. The first-order valence-corrected chi connectivity index (χ1v) is 11.7. The number of benzene rings is 1. The van der Waals surface area contributed by atoms with Crippen molar-refractivity contribution in [3.05, 3.63) is 35.5 Å². The lowest BCUT2D eigenvalue weighted by molar-refractivity contribution is 0.0952. The molecule has 30 heavy (non-hydrogen) atoms. The van der Waals surface area contributed by atoms with Crippen LogP contribution in [0, 0.1) is 5.92 Å². The molecule has 0 spiro atoms. The first-order chi connectivity index (χ1) is 14.5. The minimum atomic E-state index is -0.175. The summed E-state index contributed by atoms with van der Waals surface area (Å²) < 4.78 is 2.80. The molecule has 156 valence electrons. The smallest absolute Gasteiger partial charge is 0.280 e. The molecule has 0 unspecified atom stereocenters. The fourth-order valence-electron chi connectivity index (χ4n) is 2.95. The number of anilines is 1. The van der Waals surface area contributed by atoms with E-state index in [1.807, 2.05) is 30.5 Å². The standard InChI is InChI=1S/C20H23N7OS2/c1-12(2)10-22-16-13-11-23-27(17(13)26-20(25-16)29-3)9-8-21-18(28)19-24-14-6-4-5-7-15(14)30-19/h4-7,11-12H,8-10H2,1-3H3,(H,21,28)(H,22,25,26). The van der Waals surface area contributed by atoms with Crippen molar-refractivity contribution in [2.45, 2.75) is 25.5 Å². The molecule has 2 N–H and O–H groups in total. The second kappa shape index (κ2) is 8.97. The molecule has 8 nitrogen and oxygen atoms in total. The molecule has 0 atom stereocenters. The zero-order valence-corrected chi connectivity index (χ0v) is 18.7. The predicted molar refractivity (Wildman–Crippen MR) is 122 cm³/mol. The van der Waals surface area contributed by atoms with Gasteiger partial charge in [0.25, 0.3) is 5.91 Å². The van der Waals surface area contributed by atoms with Crippen LogP contribution in [-0.4, -0.2) is 50.0 Å². The van der Waals surface area contributed by atoms with Crippen LogP contribution in [0.5, 0.6) is 0 Å². The summed E-state index contributed by atoms with van der Waals surface area (Å²) in [5.41, 5.74) is 1.60. The van der Waals surface area contributed by atoms with Crippen molar-refractivity contribution < 1.29 is 4.79 Å². The maximum Gasteiger partial charge on any atom is 0.280 e. The molecule has 4 rings (SSSR count). The van der Waals surface area contributed by atoms with E-state index in [0.717, 1.165) is 33.6 Å².